The quantitative estimate of drug-likeness (QED) is 0.544. The van der Waals surface area contributed by atoms with E-state index in [1.807, 2.05) is 25.1 Å². The number of hydrogen-bond acceptors (Lipinski definition) is 5. The molecular formula is C21H20N4O4. The summed E-state index contributed by atoms with van der Waals surface area (Å²) in [6, 6.07) is 11.0. The molecule has 0 saturated heterocycles. The molecule has 2 heterocycles. The number of hydrogen-bond donors (Lipinski definition) is 2. The van der Waals surface area contributed by atoms with E-state index >= 15 is 0 Å². The van der Waals surface area contributed by atoms with E-state index in [1.54, 1.807) is 31.5 Å². The van der Waals surface area contributed by atoms with Gasteiger partial charge in [0.05, 0.1) is 26.1 Å². The van der Waals surface area contributed by atoms with Gasteiger partial charge in [0.25, 0.3) is 5.56 Å². The van der Waals surface area contributed by atoms with Crippen LogP contribution in [0.4, 0.5) is 5.69 Å². The lowest BCUT2D eigenvalue weighted by atomic mass is 10.1. The van der Waals surface area contributed by atoms with Crippen LogP contribution in [0.5, 0.6) is 11.5 Å². The second kappa shape index (κ2) is 7.31. The first-order valence-corrected chi connectivity index (χ1v) is 9.00. The highest BCUT2D eigenvalue weighted by Gasteiger charge is 2.14. The topological polar surface area (TPSA) is 98.2 Å². The summed E-state index contributed by atoms with van der Waals surface area (Å²) < 4.78 is 11.6. The van der Waals surface area contributed by atoms with Gasteiger partial charge >= 0.3 is 0 Å². The number of amides is 1. The van der Waals surface area contributed by atoms with Crippen molar-refractivity contribution in [2.24, 2.45) is 0 Å². The van der Waals surface area contributed by atoms with E-state index in [9.17, 15) is 9.59 Å². The second-order valence-electron chi connectivity index (χ2n) is 6.68. The summed E-state index contributed by atoms with van der Waals surface area (Å²) in [6.07, 6.45) is 1.61. The van der Waals surface area contributed by atoms with Gasteiger partial charge in [0.15, 0.2) is 0 Å². The van der Waals surface area contributed by atoms with Crippen LogP contribution < -0.4 is 20.3 Å². The Hall–Kier alpha value is -3.81. The Balaban J connectivity index is 1.62. The molecule has 1 amide bonds. The molecule has 8 heteroatoms. The molecule has 8 nitrogen and oxygen atoms in total. The summed E-state index contributed by atoms with van der Waals surface area (Å²) in [5.74, 6) is 0.672. The SMILES string of the molecule is COc1ccc(NC(=O)Cn2ncc3c([nH]c4ccc(C)cc43)c2=O)c(OC)c1. The van der Waals surface area contributed by atoms with Crippen molar-refractivity contribution < 1.29 is 14.3 Å². The fourth-order valence-corrected chi connectivity index (χ4v) is 3.28. The molecule has 0 unspecified atom stereocenters. The zero-order valence-corrected chi connectivity index (χ0v) is 16.3. The number of H-pyrrole nitrogens is 1. The molecular weight excluding hydrogens is 372 g/mol. The van der Waals surface area contributed by atoms with Crippen LogP contribution >= 0.6 is 0 Å². The van der Waals surface area contributed by atoms with E-state index < -0.39 is 5.91 Å². The number of aromatic nitrogens is 3. The van der Waals surface area contributed by atoms with E-state index in [1.165, 1.54) is 7.11 Å². The van der Waals surface area contributed by atoms with Crippen molar-refractivity contribution in [1.29, 1.82) is 0 Å². The molecule has 0 fully saturated rings. The first-order chi connectivity index (χ1) is 14.0. The van der Waals surface area contributed by atoms with Crippen LogP contribution in [-0.2, 0) is 11.3 Å². The van der Waals surface area contributed by atoms with E-state index in [0.717, 1.165) is 26.5 Å². The van der Waals surface area contributed by atoms with Crippen molar-refractivity contribution in [3.8, 4) is 11.5 Å². The van der Waals surface area contributed by atoms with Crippen LogP contribution in [0.2, 0.25) is 0 Å². The first kappa shape index (κ1) is 18.5. The zero-order chi connectivity index (χ0) is 20.5. The third-order valence-electron chi connectivity index (χ3n) is 4.74. The summed E-state index contributed by atoms with van der Waals surface area (Å²) >= 11 is 0. The fraction of sp³-hybridized carbons (Fsp3) is 0.190. The lowest BCUT2D eigenvalue weighted by molar-refractivity contribution is -0.117. The number of nitrogens with zero attached hydrogens (tertiary/aromatic N) is 2. The number of rotatable bonds is 5. The average molecular weight is 392 g/mol. The van der Waals surface area contributed by atoms with Gasteiger partial charge in [0.1, 0.15) is 23.6 Å². The molecule has 2 N–H and O–H groups in total. The minimum absolute atomic E-state index is 0.224. The first-order valence-electron chi connectivity index (χ1n) is 9.00. The molecule has 0 aliphatic heterocycles. The summed E-state index contributed by atoms with van der Waals surface area (Å²) in [4.78, 5) is 28.5. The van der Waals surface area contributed by atoms with Crippen LogP contribution in [0, 0.1) is 6.92 Å². The standard InChI is InChI=1S/C21H20N4O4/c1-12-4-6-16-14(8-12)15-10-22-25(21(27)20(15)24-16)11-19(26)23-17-7-5-13(28-2)9-18(17)29-3/h4-10,24H,11H2,1-3H3,(H,23,26). The lowest BCUT2D eigenvalue weighted by Gasteiger charge is -2.12. The van der Waals surface area contributed by atoms with Gasteiger partial charge in [-0.3, -0.25) is 9.59 Å². The predicted octanol–water partition coefficient (Wildman–Crippen LogP) is 2.84. The van der Waals surface area contributed by atoms with Crippen molar-refractivity contribution in [3.05, 3.63) is 58.5 Å². The maximum atomic E-state index is 12.8. The highest BCUT2D eigenvalue weighted by Crippen LogP contribution is 2.29. The number of carbonyl (C=O) groups is 1. The van der Waals surface area contributed by atoms with Crippen molar-refractivity contribution in [3.63, 3.8) is 0 Å². The number of fused-ring (bicyclic) bond motifs is 3. The van der Waals surface area contributed by atoms with Crippen molar-refractivity contribution >= 4 is 33.4 Å². The van der Waals surface area contributed by atoms with E-state index in [0.29, 0.717) is 22.7 Å². The minimum Gasteiger partial charge on any atom is -0.497 e. The summed E-state index contributed by atoms with van der Waals surface area (Å²) in [5.41, 5.74) is 2.50. The summed E-state index contributed by atoms with van der Waals surface area (Å²) in [7, 11) is 3.05. The van der Waals surface area contributed by atoms with Gasteiger partial charge < -0.3 is 19.8 Å². The Kier molecular flexibility index (Phi) is 4.67. The average Bonchev–Trinajstić information content (AvgIpc) is 3.09. The third kappa shape index (κ3) is 3.40. The van der Waals surface area contributed by atoms with Gasteiger partial charge in [0.2, 0.25) is 5.91 Å². The van der Waals surface area contributed by atoms with Crippen LogP contribution in [0.25, 0.3) is 21.8 Å². The van der Waals surface area contributed by atoms with Gasteiger partial charge in [-0.2, -0.15) is 5.10 Å². The fourth-order valence-electron chi connectivity index (χ4n) is 3.28. The Morgan fingerprint density at radius 3 is 2.72 bits per heavy atom. The Morgan fingerprint density at radius 1 is 1.14 bits per heavy atom. The molecule has 148 valence electrons. The van der Waals surface area contributed by atoms with E-state index in [2.05, 4.69) is 15.4 Å². The number of aryl methyl sites for hydroxylation is 1. The molecule has 0 radical (unpaired) electrons. The molecule has 2 aromatic heterocycles. The molecule has 4 rings (SSSR count). The Morgan fingerprint density at radius 2 is 1.97 bits per heavy atom. The smallest absolute Gasteiger partial charge is 0.291 e. The normalized spacial score (nSPS) is 11.0. The van der Waals surface area contributed by atoms with Gasteiger partial charge in [0, 0.05) is 22.4 Å². The third-order valence-corrected chi connectivity index (χ3v) is 4.74. The molecule has 0 saturated carbocycles. The van der Waals surface area contributed by atoms with Crippen molar-refractivity contribution in [2.45, 2.75) is 13.5 Å². The second-order valence-corrected chi connectivity index (χ2v) is 6.68. The number of anilines is 1. The summed E-state index contributed by atoms with van der Waals surface area (Å²) in [6.45, 7) is 1.77. The van der Waals surface area contributed by atoms with E-state index in [4.69, 9.17) is 9.47 Å². The maximum Gasteiger partial charge on any atom is 0.291 e. The van der Waals surface area contributed by atoms with Crippen LogP contribution in [-0.4, -0.2) is 34.9 Å². The number of benzene rings is 2. The molecule has 0 aliphatic rings. The van der Waals surface area contributed by atoms with Gasteiger partial charge in [-0.25, -0.2) is 4.68 Å². The minimum atomic E-state index is -0.394. The number of ether oxygens (including phenoxy) is 2. The maximum absolute atomic E-state index is 12.8. The summed E-state index contributed by atoms with van der Waals surface area (Å²) in [5, 5.41) is 8.60. The van der Waals surface area contributed by atoms with Crippen LogP contribution in [0.3, 0.4) is 0 Å². The van der Waals surface area contributed by atoms with Crippen LogP contribution in [0.1, 0.15) is 5.56 Å². The lowest BCUT2D eigenvalue weighted by Crippen LogP contribution is -2.29. The van der Waals surface area contributed by atoms with Gasteiger partial charge in [-0.15, -0.1) is 0 Å². The van der Waals surface area contributed by atoms with Crippen molar-refractivity contribution in [2.75, 3.05) is 19.5 Å². The molecule has 0 bridgehead atoms. The van der Waals surface area contributed by atoms with Gasteiger partial charge in [-0.05, 0) is 31.2 Å². The number of methoxy groups -OCH3 is 2. The molecule has 0 atom stereocenters. The van der Waals surface area contributed by atoms with E-state index in [-0.39, 0.29) is 12.1 Å². The molecule has 0 aliphatic carbocycles. The highest BCUT2D eigenvalue weighted by molar-refractivity contribution is 6.06. The highest BCUT2D eigenvalue weighted by atomic mass is 16.5. The Bertz CT molecular complexity index is 1290. The molecule has 2 aromatic carbocycles. The number of carbonyl (C=O) groups excluding carboxylic acids is 1. The molecule has 4 aromatic rings. The number of nitrogens with one attached hydrogen (secondary N) is 2. The van der Waals surface area contributed by atoms with Crippen molar-refractivity contribution in [1.82, 2.24) is 14.8 Å². The zero-order valence-electron chi connectivity index (χ0n) is 16.3. The molecule has 0 spiro atoms. The molecule has 29 heavy (non-hydrogen) atoms. The van der Waals surface area contributed by atoms with Crippen LogP contribution in [0.15, 0.2) is 47.4 Å². The Labute approximate surface area is 166 Å². The number of aromatic amines is 1. The van der Waals surface area contributed by atoms with Gasteiger partial charge in [-0.1, -0.05) is 11.6 Å². The largest absolute Gasteiger partial charge is 0.497 e. The predicted molar refractivity (Wildman–Crippen MR) is 111 cm³/mol. The monoisotopic (exact) mass is 392 g/mol.